The number of nitrogens with one attached hydrogen (secondary N) is 1. The van der Waals surface area contributed by atoms with Crippen molar-refractivity contribution in [3.05, 3.63) is 52.3 Å². The Morgan fingerprint density at radius 2 is 2.07 bits per heavy atom. The van der Waals surface area contributed by atoms with Crippen LogP contribution in [0.4, 0.5) is 5.13 Å². The normalized spacial score (nSPS) is 16.1. The second-order valence-electron chi connectivity index (χ2n) is 7.53. The molecule has 0 spiro atoms. The molecular weight excluding hydrogens is 396 g/mol. The quantitative estimate of drug-likeness (QED) is 0.659. The van der Waals surface area contributed by atoms with Crippen molar-refractivity contribution in [3.8, 4) is 11.1 Å². The largest absolute Gasteiger partial charge is 0.362 e. The van der Waals surface area contributed by atoms with Crippen LogP contribution in [0.3, 0.4) is 0 Å². The van der Waals surface area contributed by atoms with Crippen molar-refractivity contribution in [3.63, 3.8) is 0 Å². The minimum atomic E-state index is -0.0779. The number of thiazole rings is 1. The van der Waals surface area contributed by atoms with Gasteiger partial charge in [-0.05, 0) is 57.7 Å². The molecule has 30 heavy (non-hydrogen) atoms. The summed E-state index contributed by atoms with van der Waals surface area (Å²) in [4.78, 5) is 34.1. The van der Waals surface area contributed by atoms with Crippen LogP contribution in [0.25, 0.3) is 11.1 Å². The van der Waals surface area contributed by atoms with Crippen molar-refractivity contribution < 1.29 is 4.79 Å². The topological polar surface area (TPSA) is 83.9 Å². The maximum Gasteiger partial charge on any atom is 0.266 e. The number of rotatable bonds is 5. The van der Waals surface area contributed by atoms with E-state index in [9.17, 15) is 4.79 Å². The number of carbonyl (C=O) groups is 1. The number of amides is 1. The van der Waals surface area contributed by atoms with Crippen LogP contribution in [0.5, 0.6) is 0 Å². The van der Waals surface area contributed by atoms with E-state index in [4.69, 9.17) is 4.98 Å². The van der Waals surface area contributed by atoms with Gasteiger partial charge in [0.2, 0.25) is 0 Å². The molecule has 3 aromatic heterocycles. The first-order valence-electron chi connectivity index (χ1n) is 10.3. The van der Waals surface area contributed by atoms with E-state index in [1.807, 2.05) is 51.1 Å². The maximum atomic E-state index is 13.5. The number of nitrogens with zero attached hydrogens (tertiary/aromatic N) is 5. The lowest BCUT2D eigenvalue weighted by Crippen LogP contribution is -2.31. The summed E-state index contributed by atoms with van der Waals surface area (Å²) in [5, 5.41) is 4.00. The lowest BCUT2D eigenvalue weighted by Gasteiger charge is -2.26. The fraction of sp³-hybridized carbons (Fsp3) is 0.409. The number of anilines is 1. The number of carbonyl (C=O) groups excluding carboxylic acids is 1. The zero-order chi connectivity index (χ0) is 21.3. The first kappa shape index (κ1) is 20.4. The van der Waals surface area contributed by atoms with Gasteiger partial charge in [0.05, 0.1) is 17.4 Å². The van der Waals surface area contributed by atoms with Crippen LogP contribution in [-0.2, 0) is 0 Å². The predicted molar refractivity (Wildman–Crippen MR) is 119 cm³/mol. The molecule has 156 valence electrons. The molecule has 3 aromatic rings. The van der Waals surface area contributed by atoms with E-state index in [0.717, 1.165) is 59.1 Å². The van der Waals surface area contributed by atoms with Crippen molar-refractivity contribution in [2.24, 2.45) is 0 Å². The second kappa shape index (κ2) is 8.47. The minimum absolute atomic E-state index is 0.0327. The Bertz CT molecular complexity index is 1080. The van der Waals surface area contributed by atoms with Crippen LogP contribution < -0.4 is 5.32 Å². The summed E-state index contributed by atoms with van der Waals surface area (Å²) in [6.45, 7) is 9.35. The molecule has 1 amide bonds. The van der Waals surface area contributed by atoms with Crippen molar-refractivity contribution in [1.29, 1.82) is 0 Å². The molecule has 8 heteroatoms. The van der Waals surface area contributed by atoms with E-state index in [0.29, 0.717) is 10.7 Å². The lowest BCUT2D eigenvalue weighted by molar-refractivity contribution is 0.0737. The number of pyridine rings is 1. The Kier molecular flexibility index (Phi) is 5.76. The Labute approximate surface area is 180 Å². The van der Waals surface area contributed by atoms with E-state index in [1.54, 1.807) is 6.20 Å². The fourth-order valence-corrected chi connectivity index (χ4v) is 4.96. The van der Waals surface area contributed by atoms with Crippen LogP contribution >= 0.6 is 11.3 Å². The zero-order valence-electron chi connectivity index (χ0n) is 17.8. The molecule has 1 fully saturated rings. The number of likely N-dealkylation sites (tertiary alicyclic amines) is 1. The molecule has 0 saturated carbocycles. The summed E-state index contributed by atoms with van der Waals surface area (Å²) in [6.07, 6.45) is 7.34. The van der Waals surface area contributed by atoms with Crippen LogP contribution in [0.15, 0.2) is 24.7 Å². The number of aromatic nitrogens is 4. The van der Waals surface area contributed by atoms with Gasteiger partial charge in [-0.15, -0.1) is 0 Å². The first-order chi connectivity index (χ1) is 14.5. The summed E-state index contributed by atoms with van der Waals surface area (Å²) < 4.78 is 0. The Morgan fingerprint density at radius 1 is 1.23 bits per heavy atom. The minimum Gasteiger partial charge on any atom is -0.362 e. The average Bonchev–Trinajstić information content (AvgIpc) is 3.35. The lowest BCUT2D eigenvalue weighted by atomic mass is 9.97. The highest BCUT2D eigenvalue weighted by atomic mass is 32.1. The van der Waals surface area contributed by atoms with Crippen LogP contribution in [-0.4, -0.2) is 43.8 Å². The number of aryl methyl sites for hydroxylation is 3. The van der Waals surface area contributed by atoms with E-state index < -0.39 is 0 Å². The molecule has 4 heterocycles. The molecule has 4 rings (SSSR count). The smallest absolute Gasteiger partial charge is 0.266 e. The molecule has 1 saturated heterocycles. The summed E-state index contributed by atoms with van der Waals surface area (Å²) in [5.41, 5.74) is 4.78. The number of hydrogen-bond donors (Lipinski definition) is 1. The molecule has 1 N–H and O–H groups in total. The molecule has 0 aliphatic carbocycles. The highest BCUT2D eigenvalue weighted by Gasteiger charge is 2.35. The van der Waals surface area contributed by atoms with Crippen molar-refractivity contribution in [1.82, 2.24) is 24.8 Å². The molecule has 1 atom stereocenters. The van der Waals surface area contributed by atoms with E-state index in [2.05, 4.69) is 20.3 Å². The SMILES string of the molecule is CCNc1nc(C)c(C(=O)N2CCC[C@@H]2c2nc(C)ncc2-c2ccncc2C)s1. The van der Waals surface area contributed by atoms with Crippen molar-refractivity contribution in [2.75, 3.05) is 18.4 Å². The summed E-state index contributed by atoms with van der Waals surface area (Å²) in [5.74, 6) is 0.744. The Balaban J connectivity index is 1.73. The number of hydrogen-bond acceptors (Lipinski definition) is 7. The second-order valence-corrected chi connectivity index (χ2v) is 8.53. The highest BCUT2D eigenvalue weighted by molar-refractivity contribution is 7.17. The van der Waals surface area contributed by atoms with Crippen LogP contribution in [0.2, 0.25) is 0 Å². The standard InChI is InChI=1S/C22H26N6OS/c1-5-24-22-26-14(3)20(30-22)21(29)28-10-6-7-18(28)19-17(12-25-15(4)27-19)16-8-9-23-11-13(16)2/h8-9,11-12,18H,5-7,10H2,1-4H3,(H,24,26)/t18-/m1/s1. The zero-order valence-corrected chi connectivity index (χ0v) is 18.6. The van der Waals surface area contributed by atoms with Gasteiger partial charge in [-0.1, -0.05) is 11.3 Å². The van der Waals surface area contributed by atoms with Gasteiger partial charge in [0.25, 0.3) is 5.91 Å². The third kappa shape index (κ3) is 3.79. The molecular formula is C22H26N6OS. The third-order valence-electron chi connectivity index (χ3n) is 5.40. The highest BCUT2D eigenvalue weighted by Crippen LogP contribution is 2.39. The van der Waals surface area contributed by atoms with E-state index in [1.165, 1.54) is 11.3 Å². The van der Waals surface area contributed by atoms with Crippen molar-refractivity contribution >= 4 is 22.4 Å². The molecule has 7 nitrogen and oxygen atoms in total. The molecule has 0 bridgehead atoms. The maximum absolute atomic E-state index is 13.5. The van der Waals surface area contributed by atoms with Gasteiger partial charge in [-0.3, -0.25) is 9.78 Å². The first-order valence-corrected chi connectivity index (χ1v) is 11.1. The summed E-state index contributed by atoms with van der Waals surface area (Å²) in [7, 11) is 0. The van der Waals surface area contributed by atoms with Crippen LogP contribution in [0, 0.1) is 20.8 Å². The Morgan fingerprint density at radius 3 is 2.83 bits per heavy atom. The molecule has 0 aromatic carbocycles. The average molecular weight is 423 g/mol. The Hall–Kier alpha value is -2.87. The van der Waals surface area contributed by atoms with Gasteiger partial charge in [0.1, 0.15) is 10.7 Å². The van der Waals surface area contributed by atoms with Gasteiger partial charge in [0, 0.05) is 37.2 Å². The molecule has 1 aliphatic rings. The fourth-order valence-electron chi connectivity index (χ4n) is 3.97. The van der Waals surface area contributed by atoms with E-state index in [-0.39, 0.29) is 11.9 Å². The van der Waals surface area contributed by atoms with Crippen LogP contribution in [0.1, 0.15) is 58.3 Å². The summed E-state index contributed by atoms with van der Waals surface area (Å²) >= 11 is 1.43. The van der Waals surface area contributed by atoms with E-state index >= 15 is 0 Å². The summed E-state index contributed by atoms with van der Waals surface area (Å²) in [6, 6.07) is 1.91. The monoisotopic (exact) mass is 422 g/mol. The van der Waals surface area contributed by atoms with Gasteiger partial charge in [-0.2, -0.15) is 0 Å². The molecule has 0 radical (unpaired) electrons. The third-order valence-corrected chi connectivity index (χ3v) is 6.50. The van der Waals surface area contributed by atoms with Gasteiger partial charge < -0.3 is 10.2 Å². The van der Waals surface area contributed by atoms with Gasteiger partial charge in [0.15, 0.2) is 5.13 Å². The van der Waals surface area contributed by atoms with Gasteiger partial charge in [-0.25, -0.2) is 15.0 Å². The van der Waals surface area contributed by atoms with Gasteiger partial charge >= 0.3 is 0 Å². The molecule has 1 aliphatic heterocycles. The predicted octanol–water partition coefficient (Wildman–Crippen LogP) is 4.33. The van der Waals surface area contributed by atoms with Crippen molar-refractivity contribution in [2.45, 2.75) is 46.6 Å². The molecule has 0 unspecified atom stereocenters.